The number of nitrogens with zero attached hydrogens (tertiary/aromatic N) is 2. The fourth-order valence-corrected chi connectivity index (χ4v) is 3.11. The second-order valence-electron chi connectivity index (χ2n) is 6.69. The summed E-state index contributed by atoms with van der Waals surface area (Å²) in [7, 11) is 1.58. The van der Waals surface area contributed by atoms with Crippen LogP contribution in [0.25, 0.3) is 0 Å². The molecule has 0 radical (unpaired) electrons. The summed E-state index contributed by atoms with van der Waals surface area (Å²) in [6.45, 7) is 0.691. The van der Waals surface area contributed by atoms with Gasteiger partial charge in [0.1, 0.15) is 11.3 Å². The molecule has 0 saturated heterocycles. The fourth-order valence-electron chi connectivity index (χ4n) is 3.11. The van der Waals surface area contributed by atoms with Crippen molar-refractivity contribution in [3.05, 3.63) is 29.8 Å². The molecule has 1 aliphatic carbocycles. The van der Waals surface area contributed by atoms with E-state index in [9.17, 15) is 19.6 Å². The van der Waals surface area contributed by atoms with Crippen molar-refractivity contribution in [2.75, 3.05) is 20.3 Å². The maximum absolute atomic E-state index is 12.3. The zero-order valence-corrected chi connectivity index (χ0v) is 15.7. The first-order valence-electron chi connectivity index (χ1n) is 8.95. The van der Waals surface area contributed by atoms with Crippen molar-refractivity contribution < 1.29 is 23.9 Å². The zero-order valence-electron chi connectivity index (χ0n) is 15.7. The van der Waals surface area contributed by atoms with Crippen molar-refractivity contribution in [1.82, 2.24) is 4.90 Å². The van der Waals surface area contributed by atoms with Gasteiger partial charge in [0.15, 0.2) is 19.0 Å². The van der Waals surface area contributed by atoms with Gasteiger partial charge in [-0.05, 0) is 44.0 Å². The second kappa shape index (κ2) is 9.17. The van der Waals surface area contributed by atoms with Gasteiger partial charge in [-0.1, -0.05) is 19.3 Å². The van der Waals surface area contributed by atoms with E-state index in [-0.39, 0.29) is 12.4 Å². The summed E-state index contributed by atoms with van der Waals surface area (Å²) in [6.07, 6.45) is 4.14. The molecule has 0 spiro atoms. The second-order valence-corrected chi connectivity index (χ2v) is 6.69. The van der Waals surface area contributed by atoms with E-state index in [1.807, 2.05) is 0 Å². The Morgan fingerprint density at radius 1 is 1.11 bits per heavy atom. The van der Waals surface area contributed by atoms with Gasteiger partial charge < -0.3 is 14.4 Å². The van der Waals surface area contributed by atoms with Gasteiger partial charge >= 0.3 is 5.97 Å². The highest BCUT2D eigenvalue weighted by atomic mass is 16.6. The van der Waals surface area contributed by atoms with Crippen LogP contribution in [0.5, 0.6) is 5.75 Å². The number of carbonyl (C=O) groups excluding carboxylic acids is 3. The highest BCUT2D eigenvalue weighted by Crippen LogP contribution is 2.32. The van der Waals surface area contributed by atoms with Gasteiger partial charge in [-0.3, -0.25) is 9.59 Å². The predicted octanol–water partition coefficient (Wildman–Crippen LogP) is 2.50. The molecule has 1 aromatic rings. The van der Waals surface area contributed by atoms with E-state index in [0.717, 1.165) is 19.3 Å². The van der Waals surface area contributed by atoms with Crippen LogP contribution in [0.1, 0.15) is 49.4 Å². The number of hydrogen-bond acceptors (Lipinski definition) is 6. The topological polar surface area (TPSA) is 96.7 Å². The summed E-state index contributed by atoms with van der Waals surface area (Å²) in [5.74, 6) is -0.720. The Bertz CT molecular complexity index is 730. The van der Waals surface area contributed by atoms with Crippen LogP contribution in [0.2, 0.25) is 0 Å². The molecule has 7 nitrogen and oxygen atoms in total. The number of ether oxygens (including phenoxy) is 2. The molecule has 0 N–H and O–H groups in total. The summed E-state index contributed by atoms with van der Waals surface area (Å²) in [4.78, 5) is 36.7. The van der Waals surface area contributed by atoms with E-state index in [4.69, 9.17) is 9.47 Å². The van der Waals surface area contributed by atoms with Crippen LogP contribution >= 0.6 is 0 Å². The van der Waals surface area contributed by atoms with E-state index in [1.54, 1.807) is 31.3 Å². The van der Waals surface area contributed by atoms with Crippen molar-refractivity contribution in [3.63, 3.8) is 0 Å². The molecule has 0 aliphatic heterocycles. The number of esters is 1. The van der Waals surface area contributed by atoms with Crippen molar-refractivity contribution in [3.8, 4) is 11.8 Å². The van der Waals surface area contributed by atoms with Crippen molar-refractivity contribution in [2.45, 2.75) is 44.6 Å². The summed E-state index contributed by atoms with van der Waals surface area (Å²) in [6, 6.07) is 8.64. The first-order chi connectivity index (χ1) is 12.9. The average Bonchev–Trinajstić information content (AvgIpc) is 2.70. The molecule has 0 heterocycles. The van der Waals surface area contributed by atoms with Crippen molar-refractivity contribution in [1.29, 1.82) is 5.26 Å². The summed E-state index contributed by atoms with van der Waals surface area (Å²) < 4.78 is 10.3. The molecule has 1 aliphatic rings. The molecule has 7 heteroatoms. The number of hydrogen-bond donors (Lipinski definition) is 0. The molecule has 2 rings (SSSR count). The molecule has 1 fully saturated rings. The number of Topliss-reactive ketones (excluding diaryl/α,β-unsaturated/α-hetero) is 1. The number of benzene rings is 1. The van der Waals surface area contributed by atoms with E-state index in [2.05, 4.69) is 6.07 Å². The Kier molecular flexibility index (Phi) is 6.94. The van der Waals surface area contributed by atoms with Crippen LogP contribution in [-0.2, 0) is 14.3 Å². The minimum atomic E-state index is -0.809. The number of likely N-dealkylation sites (N-methyl/N-ethyl adjacent to an activating group) is 1. The normalized spacial score (nSPS) is 15.3. The molecule has 0 unspecified atom stereocenters. The first kappa shape index (κ1) is 20.4. The van der Waals surface area contributed by atoms with Crippen LogP contribution in [0.3, 0.4) is 0 Å². The van der Waals surface area contributed by atoms with Gasteiger partial charge in [-0.2, -0.15) is 5.26 Å². The van der Waals surface area contributed by atoms with Gasteiger partial charge in [0.05, 0.1) is 6.07 Å². The number of amides is 1. The first-order valence-corrected chi connectivity index (χ1v) is 8.95. The van der Waals surface area contributed by atoms with E-state index >= 15 is 0 Å². The zero-order chi connectivity index (χ0) is 19.9. The highest BCUT2D eigenvalue weighted by molar-refractivity contribution is 5.94. The molecule has 1 amide bonds. The predicted molar refractivity (Wildman–Crippen MR) is 97.1 cm³/mol. The largest absolute Gasteiger partial charge is 0.482 e. The Morgan fingerprint density at radius 3 is 2.30 bits per heavy atom. The van der Waals surface area contributed by atoms with Gasteiger partial charge in [0.25, 0.3) is 5.91 Å². The van der Waals surface area contributed by atoms with E-state index in [1.165, 1.54) is 11.8 Å². The van der Waals surface area contributed by atoms with Gasteiger partial charge in [-0.25, -0.2) is 4.79 Å². The Morgan fingerprint density at radius 2 is 1.74 bits per heavy atom. The van der Waals surface area contributed by atoms with Crippen molar-refractivity contribution in [2.24, 2.45) is 0 Å². The number of carbonyl (C=O) groups is 3. The van der Waals surface area contributed by atoms with Crippen LogP contribution in [0, 0.1) is 11.3 Å². The third kappa shape index (κ3) is 5.30. The Hall–Kier alpha value is -2.88. The summed E-state index contributed by atoms with van der Waals surface area (Å²) in [5, 5.41) is 9.51. The third-order valence-corrected chi connectivity index (χ3v) is 4.88. The fraction of sp³-hybridized carbons (Fsp3) is 0.500. The monoisotopic (exact) mass is 372 g/mol. The molecular weight excluding hydrogens is 348 g/mol. The summed E-state index contributed by atoms with van der Waals surface area (Å²) in [5.41, 5.74) is -0.260. The van der Waals surface area contributed by atoms with Crippen LogP contribution in [0.15, 0.2) is 24.3 Å². The number of ketones is 1. The lowest BCUT2D eigenvalue weighted by atomic mass is 9.81. The molecule has 27 heavy (non-hydrogen) atoms. The third-order valence-electron chi connectivity index (χ3n) is 4.88. The molecule has 1 saturated carbocycles. The molecule has 0 atom stereocenters. The minimum absolute atomic E-state index is 0.0586. The van der Waals surface area contributed by atoms with Gasteiger partial charge in [0.2, 0.25) is 0 Å². The van der Waals surface area contributed by atoms with Crippen molar-refractivity contribution >= 4 is 17.7 Å². The maximum Gasteiger partial charge on any atom is 0.344 e. The SMILES string of the molecule is CC(=O)c1ccc(OCC(=O)OCC(=O)N(C)C2(C#N)CCCCC2)cc1. The molecule has 0 aromatic heterocycles. The van der Waals surface area contributed by atoms with Crippen LogP contribution in [0.4, 0.5) is 0 Å². The standard InChI is InChI=1S/C20H24N2O5/c1-15(23)16-6-8-17(9-7-16)26-13-19(25)27-12-18(24)22(2)20(14-21)10-4-3-5-11-20/h6-9H,3-5,10-13H2,1-2H3. The highest BCUT2D eigenvalue weighted by Gasteiger charge is 2.38. The lowest BCUT2D eigenvalue weighted by molar-refractivity contribution is -0.155. The van der Waals surface area contributed by atoms with Gasteiger partial charge in [0, 0.05) is 12.6 Å². The van der Waals surface area contributed by atoms with Crippen LogP contribution < -0.4 is 4.74 Å². The van der Waals surface area contributed by atoms with Gasteiger partial charge in [-0.15, -0.1) is 0 Å². The molecular formula is C20H24N2O5. The lowest BCUT2D eigenvalue weighted by Crippen LogP contribution is -2.51. The van der Waals surface area contributed by atoms with E-state index < -0.39 is 24.0 Å². The maximum atomic E-state index is 12.3. The molecule has 0 bridgehead atoms. The quantitative estimate of drug-likeness (QED) is 0.539. The van der Waals surface area contributed by atoms with Crippen LogP contribution in [-0.4, -0.2) is 48.4 Å². The smallest absolute Gasteiger partial charge is 0.344 e. The lowest BCUT2D eigenvalue weighted by Gasteiger charge is -2.38. The van der Waals surface area contributed by atoms with E-state index in [0.29, 0.717) is 24.2 Å². The molecule has 1 aromatic carbocycles. The minimum Gasteiger partial charge on any atom is -0.482 e. The number of nitriles is 1. The Labute approximate surface area is 158 Å². The summed E-state index contributed by atoms with van der Waals surface area (Å²) >= 11 is 0. The average molecular weight is 372 g/mol. The number of rotatable bonds is 7. The molecule has 144 valence electrons. The Balaban J connectivity index is 1.79.